The number of hydrogen-bond acceptors (Lipinski definition) is 5. The normalized spacial score (nSPS) is 16.2. The summed E-state index contributed by atoms with van der Waals surface area (Å²) < 4.78 is 10.8. The molecule has 0 aliphatic carbocycles. The van der Waals surface area contributed by atoms with Gasteiger partial charge in [0.25, 0.3) is 0 Å². The quantitative estimate of drug-likeness (QED) is 0.625. The summed E-state index contributed by atoms with van der Waals surface area (Å²) in [6.07, 6.45) is 2.91. The first kappa shape index (κ1) is 19.2. The van der Waals surface area contributed by atoms with E-state index in [1.807, 2.05) is 60.4 Å². The molecule has 0 N–H and O–H groups in total. The number of carbonyl (C=O) groups excluding carboxylic acids is 1. The van der Waals surface area contributed by atoms with E-state index >= 15 is 0 Å². The van der Waals surface area contributed by atoms with Gasteiger partial charge in [-0.1, -0.05) is 41.1 Å². The summed E-state index contributed by atoms with van der Waals surface area (Å²) in [5.74, 6) is 2.02. The Bertz CT molecular complexity index is 998. The Balaban J connectivity index is 1.44. The molecule has 1 aromatic heterocycles. The zero-order chi connectivity index (χ0) is 20.2. The van der Waals surface area contributed by atoms with Crippen LogP contribution < -0.4 is 4.74 Å². The van der Waals surface area contributed by atoms with E-state index < -0.39 is 0 Å². The topological polar surface area (TPSA) is 68.5 Å². The molecule has 150 valence electrons. The smallest absolute Gasteiger partial charge is 0.249 e. The maximum Gasteiger partial charge on any atom is 0.249 e. The summed E-state index contributed by atoms with van der Waals surface area (Å²) in [7, 11) is 1.65. The van der Waals surface area contributed by atoms with Gasteiger partial charge in [0.1, 0.15) is 11.8 Å². The summed E-state index contributed by atoms with van der Waals surface area (Å²) in [6.45, 7) is 2.76. The van der Waals surface area contributed by atoms with Crippen LogP contribution in [0.25, 0.3) is 11.4 Å². The summed E-state index contributed by atoms with van der Waals surface area (Å²) >= 11 is 0. The molecule has 1 saturated heterocycles. The molecule has 0 spiro atoms. The lowest BCUT2D eigenvalue weighted by molar-refractivity contribution is -0.132. The number of aromatic nitrogens is 2. The molecule has 1 atom stereocenters. The highest BCUT2D eigenvalue weighted by Crippen LogP contribution is 2.32. The third-order valence-corrected chi connectivity index (χ3v) is 5.34. The fourth-order valence-corrected chi connectivity index (χ4v) is 3.82. The molecule has 6 nitrogen and oxygen atoms in total. The molecule has 1 amide bonds. The van der Waals surface area contributed by atoms with Gasteiger partial charge in [-0.15, -0.1) is 0 Å². The van der Waals surface area contributed by atoms with Crippen LogP contribution in [0.5, 0.6) is 5.75 Å². The molecule has 0 bridgehead atoms. The van der Waals surface area contributed by atoms with Crippen LogP contribution in [0, 0.1) is 6.92 Å². The van der Waals surface area contributed by atoms with Crippen molar-refractivity contribution in [1.82, 2.24) is 15.0 Å². The number of methoxy groups -OCH3 is 1. The minimum atomic E-state index is -0.140. The van der Waals surface area contributed by atoms with Crippen molar-refractivity contribution in [2.24, 2.45) is 0 Å². The first-order valence-corrected chi connectivity index (χ1v) is 9.97. The second kappa shape index (κ2) is 8.47. The average molecular weight is 391 g/mol. The summed E-state index contributed by atoms with van der Waals surface area (Å²) in [6, 6.07) is 15.7. The zero-order valence-electron chi connectivity index (χ0n) is 16.8. The van der Waals surface area contributed by atoms with E-state index in [0.717, 1.165) is 41.8 Å². The van der Waals surface area contributed by atoms with Crippen molar-refractivity contribution >= 4 is 5.91 Å². The maximum atomic E-state index is 12.9. The fraction of sp³-hybridized carbons (Fsp3) is 0.348. The second-order valence-electron chi connectivity index (χ2n) is 7.42. The van der Waals surface area contributed by atoms with Gasteiger partial charge in [-0.25, -0.2) is 0 Å². The van der Waals surface area contributed by atoms with Crippen LogP contribution in [0.4, 0.5) is 0 Å². The number of ether oxygens (including phenoxy) is 1. The van der Waals surface area contributed by atoms with E-state index in [9.17, 15) is 4.79 Å². The van der Waals surface area contributed by atoms with E-state index in [4.69, 9.17) is 9.26 Å². The highest BCUT2D eigenvalue weighted by molar-refractivity contribution is 5.77. The van der Waals surface area contributed by atoms with Crippen molar-refractivity contribution in [2.75, 3.05) is 13.7 Å². The summed E-state index contributed by atoms with van der Waals surface area (Å²) in [4.78, 5) is 19.4. The first-order chi connectivity index (χ1) is 14.1. The van der Waals surface area contributed by atoms with Crippen LogP contribution in [0.2, 0.25) is 0 Å². The van der Waals surface area contributed by atoms with Gasteiger partial charge in [-0.3, -0.25) is 4.79 Å². The predicted octanol–water partition coefficient (Wildman–Crippen LogP) is 4.35. The Labute approximate surface area is 170 Å². The minimum Gasteiger partial charge on any atom is -0.497 e. The average Bonchev–Trinajstić information content (AvgIpc) is 3.41. The molecule has 29 heavy (non-hydrogen) atoms. The zero-order valence-corrected chi connectivity index (χ0v) is 16.8. The molecule has 1 fully saturated rings. The molecule has 0 radical (unpaired) electrons. The number of carbonyl (C=O) groups is 1. The number of nitrogens with zero attached hydrogens (tertiary/aromatic N) is 3. The Kier molecular flexibility index (Phi) is 5.60. The third kappa shape index (κ3) is 4.31. The highest BCUT2D eigenvalue weighted by Gasteiger charge is 2.33. The van der Waals surface area contributed by atoms with Crippen molar-refractivity contribution in [2.45, 2.75) is 38.6 Å². The van der Waals surface area contributed by atoms with Crippen LogP contribution >= 0.6 is 0 Å². The van der Waals surface area contributed by atoms with Crippen molar-refractivity contribution in [3.05, 3.63) is 65.5 Å². The summed E-state index contributed by atoms with van der Waals surface area (Å²) in [5.41, 5.74) is 3.16. The van der Waals surface area contributed by atoms with Crippen LogP contribution in [0.1, 0.15) is 42.3 Å². The van der Waals surface area contributed by atoms with Gasteiger partial charge in [0.15, 0.2) is 0 Å². The lowest BCUT2D eigenvalue weighted by Crippen LogP contribution is -2.30. The lowest BCUT2D eigenvalue weighted by atomic mass is 10.1. The standard InChI is InChI=1S/C23H25N3O3/c1-16-6-3-8-18(14-16)22-24-23(29-25-22)20-10-5-13-26(20)21(27)12-11-17-7-4-9-19(15-17)28-2/h3-4,6-9,14-15,20H,5,10-13H2,1-2H3. The van der Waals surface area contributed by atoms with Gasteiger partial charge in [-0.2, -0.15) is 4.98 Å². The van der Waals surface area contributed by atoms with Gasteiger partial charge < -0.3 is 14.2 Å². The highest BCUT2D eigenvalue weighted by atomic mass is 16.5. The maximum absolute atomic E-state index is 12.9. The van der Waals surface area contributed by atoms with E-state index in [-0.39, 0.29) is 11.9 Å². The van der Waals surface area contributed by atoms with Gasteiger partial charge in [0.05, 0.1) is 7.11 Å². The molecule has 2 heterocycles. The van der Waals surface area contributed by atoms with Crippen LogP contribution in [-0.2, 0) is 11.2 Å². The molecule has 1 unspecified atom stereocenters. The Morgan fingerprint density at radius 1 is 1.24 bits per heavy atom. The van der Waals surface area contributed by atoms with Gasteiger partial charge >= 0.3 is 0 Å². The number of benzene rings is 2. The Morgan fingerprint density at radius 3 is 2.93 bits per heavy atom. The largest absolute Gasteiger partial charge is 0.497 e. The van der Waals surface area contributed by atoms with Crippen LogP contribution in [0.15, 0.2) is 53.1 Å². The van der Waals surface area contributed by atoms with Crippen LogP contribution in [-0.4, -0.2) is 34.6 Å². The van der Waals surface area contributed by atoms with Crippen LogP contribution in [0.3, 0.4) is 0 Å². The van der Waals surface area contributed by atoms with E-state index in [0.29, 0.717) is 24.6 Å². The molecule has 6 heteroatoms. The fourth-order valence-electron chi connectivity index (χ4n) is 3.82. The molecule has 2 aromatic carbocycles. The van der Waals surface area contributed by atoms with Crippen molar-refractivity contribution in [3.63, 3.8) is 0 Å². The monoisotopic (exact) mass is 391 g/mol. The molecule has 0 saturated carbocycles. The van der Waals surface area contributed by atoms with E-state index in [2.05, 4.69) is 10.1 Å². The molecular formula is C23H25N3O3. The Hall–Kier alpha value is -3.15. The van der Waals surface area contributed by atoms with Gasteiger partial charge in [-0.05, 0) is 49.9 Å². The second-order valence-corrected chi connectivity index (χ2v) is 7.42. The number of hydrogen-bond donors (Lipinski definition) is 0. The number of rotatable bonds is 6. The third-order valence-electron chi connectivity index (χ3n) is 5.34. The van der Waals surface area contributed by atoms with Gasteiger partial charge in [0.2, 0.25) is 17.6 Å². The minimum absolute atomic E-state index is 0.116. The van der Waals surface area contributed by atoms with Crippen molar-refractivity contribution in [3.8, 4) is 17.1 Å². The lowest BCUT2D eigenvalue weighted by Gasteiger charge is -2.22. The SMILES string of the molecule is COc1cccc(CCC(=O)N2CCCC2c2nc(-c3cccc(C)c3)no2)c1. The van der Waals surface area contributed by atoms with Crippen molar-refractivity contribution in [1.29, 1.82) is 0 Å². The molecular weight excluding hydrogens is 366 g/mol. The van der Waals surface area contributed by atoms with E-state index in [1.165, 1.54) is 0 Å². The van der Waals surface area contributed by atoms with E-state index in [1.54, 1.807) is 7.11 Å². The number of likely N-dealkylation sites (tertiary alicyclic amines) is 1. The first-order valence-electron chi connectivity index (χ1n) is 9.97. The molecule has 1 aliphatic heterocycles. The number of amides is 1. The molecule has 1 aliphatic rings. The molecule has 4 rings (SSSR count). The molecule has 3 aromatic rings. The number of aryl methyl sites for hydroxylation is 2. The predicted molar refractivity (Wildman–Crippen MR) is 109 cm³/mol. The van der Waals surface area contributed by atoms with Gasteiger partial charge in [0, 0.05) is 18.5 Å². The Morgan fingerprint density at radius 2 is 2.10 bits per heavy atom. The van der Waals surface area contributed by atoms with Crippen molar-refractivity contribution < 1.29 is 14.1 Å². The summed E-state index contributed by atoms with van der Waals surface area (Å²) in [5, 5.41) is 4.14.